The van der Waals surface area contributed by atoms with Gasteiger partial charge in [0.25, 0.3) is 0 Å². The minimum Gasteiger partial charge on any atom is -0.358 e. The van der Waals surface area contributed by atoms with Gasteiger partial charge in [-0.15, -0.1) is 12.6 Å². The van der Waals surface area contributed by atoms with Crippen LogP contribution in [0.3, 0.4) is 0 Å². The summed E-state index contributed by atoms with van der Waals surface area (Å²) >= 11 is 4.24. The standard InChI is InChI=1S/C13H18OS/c1-10(12-8-6-5-7-9-12)13(3,4)14-11(2)15/h5-9,11,15H,1H2,2-4H3. The molecule has 0 saturated carbocycles. The van der Waals surface area contributed by atoms with E-state index < -0.39 is 0 Å². The van der Waals surface area contributed by atoms with Crippen molar-refractivity contribution >= 4 is 18.2 Å². The summed E-state index contributed by atoms with van der Waals surface area (Å²) in [5.74, 6) is 0. The van der Waals surface area contributed by atoms with Gasteiger partial charge in [0.05, 0.1) is 11.0 Å². The Morgan fingerprint density at radius 1 is 1.33 bits per heavy atom. The normalized spacial score (nSPS) is 13.6. The molecule has 0 bridgehead atoms. The molecule has 0 aromatic heterocycles. The molecule has 0 heterocycles. The van der Waals surface area contributed by atoms with Gasteiger partial charge in [-0.25, -0.2) is 0 Å². The first-order chi connectivity index (χ1) is 6.93. The first-order valence-electron chi connectivity index (χ1n) is 5.04. The van der Waals surface area contributed by atoms with Gasteiger partial charge in [0.1, 0.15) is 0 Å². The minimum absolute atomic E-state index is 0.0968. The Kier molecular flexibility index (Phi) is 4.00. The van der Waals surface area contributed by atoms with Crippen LogP contribution in [0, 0.1) is 0 Å². The average Bonchev–Trinajstić information content (AvgIpc) is 2.16. The lowest BCUT2D eigenvalue weighted by atomic mass is 9.93. The molecule has 2 heteroatoms. The summed E-state index contributed by atoms with van der Waals surface area (Å²) in [6.07, 6.45) is 0. The topological polar surface area (TPSA) is 9.23 Å². The summed E-state index contributed by atoms with van der Waals surface area (Å²) in [6, 6.07) is 10.1. The van der Waals surface area contributed by atoms with Crippen molar-refractivity contribution < 1.29 is 4.74 Å². The summed E-state index contributed by atoms with van der Waals surface area (Å²) in [5.41, 5.74) is 1.60. The van der Waals surface area contributed by atoms with Crippen molar-refractivity contribution in [1.82, 2.24) is 0 Å². The largest absolute Gasteiger partial charge is 0.358 e. The lowest BCUT2D eigenvalue weighted by molar-refractivity contribution is 0.0194. The van der Waals surface area contributed by atoms with Gasteiger partial charge in [-0.1, -0.05) is 36.9 Å². The molecule has 1 atom stereocenters. The third-order valence-electron chi connectivity index (χ3n) is 2.31. The van der Waals surface area contributed by atoms with Gasteiger partial charge in [0.15, 0.2) is 0 Å². The summed E-state index contributed by atoms with van der Waals surface area (Å²) in [4.78, 5) is 0. The predicted molar refractivity (Wildman–Crippen MR) is 69.1 cm³/mol. The molecular weight excluding hydrogens is 204 g/mol. The van der Waals surface area contributed by atoms with Gasteiger partial charge < -0.3 is 4.74 Å². The molecule has 1 unspecified atom stereocenters. The van der Waals surface area contributed by atoms with Crippen molar-refractivity contribution in [2.24, 2.45) is 0 Å². The lowest BCUT2D eigenvalue weighted by Crippen LogP contribution is -2.28. The van der Waals surface area contributed by atoms with Crippen LogP contribution in [0.15, 0.2) is 36.9 Å². The Morgan fingerprint density at radius 3 is 2.33 bits per heavy atom. The molecule has 1 rings (SSSR count). The second-order valence-corrected chi connectivity index (χ2v) is 4.80. The Morgan fingerprint density at radius 2 is 1.87 bits per heavy atom. The molecule has 82 valence electrons. The summed E-state index contributed by atoms with van der Waals surface area (Å²) in [6.45, 7) is 10.0. The highest BCUT2D eigenvalue weighted by molar-refractivity contribution is 7.80. The number of hydrogen-bond donors (Lipinski definition) is 1. The van der Waals surface area contributed by atoms with Gasteiger partial charge in [-0.2, -0.15) is 0 Å². The molecule has 0 N–H and O–H groups in total. The number of ether oxygens (including phenoxy) is 1. The van der Waals surface area contributed by atoms with Crippen molar-refractivity contribution in [2.45, 2.75) is 31.8 Å². The molecule has 0 aliphatic heterocycles. The van der Waals surface area contributed by atoms with Crippen LogP contribution < -0.4 is 0 Å². The third-order valence-corrected chi connectivity index (χ3v) is 2.42. The fourth-order valence-electron chi connectivity index (χ4n) is 1.48. The maximum absolute atomic E-state index is 5.72. The SMILES string of the molecule is C=C(c1ccccc1)C(C)(C)OC(C)S. The number of hydrogen-bond acceptors (Lipinski definition) is 2. The van der Waals surface area contributed by atoms with E-state index in [-0.39, 0.29) is 11.0 Å². The summed E-state index contributed by atoms with van der Waals surface area (Å²) in [7, 11) is 0. The van der Waals surface area contributed by atoms with Gasteiger partial charge in [0.2, 0.25) is 0 Å². The van der Waals surface area contributed by atoms with E-state index in [1.165, 1.54) is 0 Å². The second-order valence-electron chi connectivity index (χ2n) is 4.07. The first-order valence-corrected chi connectivity index (χ1v) is 5.56. The van der Waals surface area contributed by atoms with Crippen LogP contribution in [0.5, 0.6) is 0 Å². The molecule has 0 aliphatic rings. The zero-order valence-corrected chi connectivity index (χ0v) is 10.4. The summed E-state index contributed by atoms with van der Waals surface area (Å²) in [5, 5.41) is 0. The molecule has 0 saturated heterocycles. The van der Waals surface area contributed by atoms with Crippen LogP contribution in [0.1, 0.15) is 26.3 Å². The zero-order valence-electron chi connectivity index (χ0n) is 9.53. The maximum Gasteiger partial charge on any atom is 0.0983 e. The molecule has 0 spiro atoms. The van der Waals surface area contributed by atoms with Crippen LogP contribution in [0.25, 0.3) is 5.57 Å². The quantitative estimate of drug-likeness (QED) is 0.602. The van der Waals surface area contributed by atoms with Crippen molar-refractivity contribution in [3.05, 3.63) is 42.5 Å². The molecule has 0 radical (unpaired) electrons. The fraction of sp³-hybridized carbons (Fsp3) is 0.385. The van der Waals surface area contributed by atoms with Gasteiger partial charge in [0, 0.05) is 0 Å². The maximum atomic E-state index is 5.72. The highest BCUT2D eigenvalue weighted by Gasteiger charge is 2.24. The van der Waals surface area contributed by atoms with E-state index in [2.05, 4.69) is 19.2 Å². The Bertz CT molecular complexity index is 328. The minimum atomic E-state index is -0.386. The monoisotopic (exact) mass is 222 g/mol. The Hall–Kier alpha value is -0.730. The molecule has 0 fully saturated rings. The van der Waals surface area contributed by atoms with E-state index in [9.17, 15) is 0 Å². The van der Waals surface area contributed by atoms with Crippen molar-refractivity contribution in [2.75, 3.05) is 0 Å². The Labute approximate surface area is 97.6 Å². The first kappa shape index (κ1) is 12.3. The summed E-state index contributed by atoms with van der Waals surface area (Å²) < 4.78 is 5.72. The fourth-order valence-corrected chi connectivity index (χ4v) is 1.75. The van der Waals surface area contributed by atoms with E-state index >= 15 is 0 Å². The van der Waals surface area contributed by atoms with Gasteiger partial charge >= 0.3 is 0 Å². The molecule has 0 amide bonds. The molecular formula is C13H18OS. The highest BCUT2D eigenvalue weighted by Crippen LogP contribution is 2.29. The zero-order chi connectivity index (χ0) is 11.5. The highest BCUT2D eigenvalue weighted by atomic mass is 32.1. The van der Waals surface area contributed by atoms with Crippen LogP contribution in [-0.4, -0.2) is 11.0 Å². The van der Waals surface area contributed by atoms with Gasteiger partial charge in [-0.3, -0.25) is 0 Å². The van der Waals surface area contributed by atoms with Crippen LogP contribution in [0.2, 0.25) is 0 Å². The number of rotatable bonds is 4. The molecule has 1 nitrogen and oxygen atoms in total. The van der Waals surface area contributed by atoms with E-state index in [0.717, 1.165) is 11.1 Å². The van der Waals surface area contributed by atoms with E-state index in [1.54, 1.807) is 0 Å². The molecule has 1 aromatic rings. The van der Waals surface area contributed by atoms with Crippen LogP contribution in [-0.2, 0) is 4.74 Å². The third kappa shape index (κ3) is 3.40. The van der Waals surface area contributed by atoms with Crippen LogP contribution >= 0.6 is 12.6 Å². The molecule has 1 aromatic carbocycles. The van der Waals surface area contributed by atoms with Crippen molar-refractivity contribution in [3.63, 3.8) is 0 Å². The van der Waals surface area contributed by atoms with E-state index in [4.69, 9.17) is 4.74 Å². The second kappa shape index (κ2) is 4.86. The van der Waals surface area contributed by atoms with Crippen molar-refractivity contribution in [3.8, 4) is 0 Å². The average molecular weight is 222 g/mol. The smallest absolute Gasteiger partial charge is 0.0983 e. The van der Waals surface area contributed by atoms with Gasteiger partial charge in [-0.05, 0) is 31.9 Å². The van der Waals surface area contributed by atoms with E-state index in [0.29, 0.717) is 0 Å². The molecule has 15 heavy (non-hydrogen) atoms. The lowest BCUT2D eigenvalue weighted by Gasteiger charge is -2.29. The van der Waals surface area contributed by atoms with Crippen molar-refractivity contribution in [1.29, 1.82) is 0 Å². The molecule has 0 aliphatic carbocycles. The Balaban J connectivity index is 2.85. The van der Waals surface area contributed by atoms with Crippen LogP contribution in [0.4, 0.5) is 0 Å². The predicted octanol–water partition coefficient (Wildman–Crippen LogP) is 3.77. The number of benzene rings is 1. The number of thiol groups is 1. The van der Waals surface area contributed by atoms with E-state index in [1.807, 2.05) is 51.1 Å².